The average Bonchev–Trinajstić information content (AvgIpc) is 3.51. The van der Waals surface area contributed by atoms with Crippen LogP contribution in [0.25, 0.3) is 0 Å². The van der Waals surface area contributed by atoms with Crippen LogP contribution in [0.15, 0.2) is 83.1 Å². The van der Waals surface area contributed by atoms with Crippen molar-refractivity contribution in [1.82, 2.24) is 17.9 Å². The van der Waals surface area contributed by atoms with Gasteiger partial charge in [0.15, 0.2) is 0 Å². The Balaban J connectivity index is 1.53. The van der Waals surface area contributed by atoms with Crippen LogP contribution in [-0.4, -0.2) is 34.7 Å². The van der Waals surface area contributed by atoms with Gasteiger partial charge in [0.05, 0.1) is 9.79 Å². The van der Waals surface area contributed by atoms with Crippen molar-refractivity contribution in [2.24, 2.45) is 0 Å². The number of imidazole rings is 2. The highest BCUT2D eigenvalue weighted by Crippen LogP contribution is 2.27. The molecule has 0 spiro atoms. The minimum absolute atomic E-state index is 0.0556. The summed E-state index contributed by atoms with van der Waals surface area (Å²) in [7, 11) is -7.58. The second kappa shape index (κ2) is 9.31. The maximum Gasteiger partial charge on any atom is 0.269 e. The van der Waals surface area contributed by atoms with Crippen LogP contribution in [0.5, 0.6) is 11.5 Å². The van der Waals surface area contributed by atoms with Crippen molar-refractivity contribution >= 4 is 20.0 Å². The summed E-state index contributed by atoms with van der Waals surface area (Å²) in [4.78, 5) is 8.50. The molecule has 0 unspecified atom stereocenters. The molecule has 184 valence electrons. The number of ether oxygens (including phenoxy) is 1. The molecule has 4 rings (SSSR count). The Labute approximate surface area is 205 Å². The highest BCUT2D eigenvalue weighted by Gasteiger charge is 2.23. The molecule has 4 aromatic rings. The quantitative estimate of drug-likeness (QED) is 0.338. The molecule has 0 amide bonds. The maximum absolute atomic E-state index is 13.0. The van der Waals surface area contributed by atoms with Gasteiger partial charge in [-0.1, -0.05) is 27.7 Å². The third-order valence-corrected chi connectivity index (χ3v) is 8.69. The number of aromatic nitrogens is 4. The molecule has 0 atom stereocenters. The molecule has 0 aliphatic rings. The van der Waals surface area contributed by atoms with Crippen molar-refractivity contribution < 1.29 is 21.6 Å². The van der Waals surface area contributed by atoms with Crippen molar-refractivity contribution in [2.45, 2.75) is 49.3 Å². The molecule has 11 heteroatoms. The van der Waals surface area contributed by atoms with Crippen LogP contribution in [0.3, 0.4) is 0 Å². The second-order valence-corrected chi connectivity index (χ2v) is 12.2. The molecule has 0 aliphatic carbocycles. The highest BCUT2D eigenvalue weighted by molar-refractivity contribution is 7.90. The lowest BCUT2D eigenvalue weighted by atomic mass is 10.2. The minimum atomic E-state index is -3.79. The lowest BCUT2D eigenvalue weighted by Crippen LogP contribution is -2.16. The molecule has 35 heavy (non-hydrogen) atoms. The van der Waals surface area contributed by atoms with E-state index in [0.717, 1.165) is 0 Å². The topological polar surface area (TPSA) is 113 Å². The number of benzene rings is 2. The van der Waals surface area contributed by atoms with E-state index in [0.29, 0.717) is 23.1 Å². The van der Waals surface area contributed by atoms with Gasteiger partial charge in [-0.05, 0) is 48.5 Å². The Morgan fingerprint density at radius 3 is 1.29 bits per heavy atom. The third-order valence-electron chi connectivity index (χ3n) is 5.30. The first-order chi connectivity index (χ1) is 16.5. The lowest BCUT2D eigenvalue weighted by Gasteiger charge is -2.13. The van der Waals surface area contributed by atoms with Crippen LogP contribution in [0.4, 0.5) is 0 Å². The maximum atomic E-state index is 13.0. The zero-order valence-electron chi connectivity index (χ0n) is 19.7. The highest BCUT2D eigenvalue weighted by atomic mass is 32.2. The SMILES string of the molecule is CC(C)c1nccn1S(=O)(=O)c1ccc(Oc2ccc(S(=O)(=O)n3ccnc3C(C)C)cc2)cc1. The first-order valence-corrected chi connectivity index (χ1v) is 13.9. The van der Waals surface area contributed by atoms with Gasteiger partial charge in [-0.25, -0.2) is 34.7 Å². The van der Waals surface area contributed by atoms with E-state index < -0.39 is 20.0 Å². The molecule has 0 aliphatic heterocycles. The van der Waals surface area contributed by atoms with Gasteiger partial charge in [0.25, 0.3) is 20.0 Å². The molecule has 0 bridgehead atoms. The van der Waals surface area contributed by atoms with E-state index in [1.54, 1.807) is 24.3 Å². The second-order valence-electron chi connectivity index (χ2n) is 8.53. The smallest absolute Gasteiger partial charge is 0.269 e. The Hall–Kier alpha value is -3.44. The van der Waals surface area contributed by atoms with E-state index in [4.69, 9.17) is 4.74 Å². The normalized spacial score (nSPS) is 12.4. The van der Waals surface area contributed by atoms with E-state index in [9.17, 15) is 16.8 Å². The largest absolute Gasteiger partial charge is 0.457 e. The zero-order chi connectivity index (χ0) is 25.4. The first-order valence-electron chi connectivity index (χ1n) is 11.0. The van der Waals surface area contributed by atoms with Crippen molar-refractivity contribution in [3.63, 3.8) is 0 Å². The van der Waals surface area contributed by atoms with E-state index in [2.05, 4.69) is 9.97 Å². The summed E-state index contributed by atoms with van der Waals surface area (Å²) in [5.41, 5.74) is 0. The summed E-state index contributed by atoms with van der Waals surface area (Å²) in [6.45, 7) is 7.50. The lowest BCUT2D eigenvalue weighted by molar-refractivity contribution is 0.481. The van der Waals surface area contributed by atoms with E-state index in [1.807, 2.05) is 27.7 Å². The van der Waals surface area contributed by atoms with Crippen molar-refractivity contribution in [1.29, 1.82) is 0 Å². The van der Waals surface area contributed by atoms with Gasteiger partial charge in [-0.3, -0.25) is 0 Å². The molecule has 0 N–H and O–H groups in total. The molecule has 0 fully saturated rings. The molecule has 9 nitrogen and oxygen atoms in total. The summed E-state index contributed by atoms with van der Waals surface area (Å²) >= 11 is 0. The first kappa shape index (κ1) is 24.7. The van der Waals surface area contributed by atoms with Crippen LogP contribution < -0.4 is 4.74 Å². The van der Waals surface area contributed by atoms with Crippen LogP contribution >= 0.6 is 0 Å². The fourth-order valence-electron chi connectivity index (χ4n) is 3.54. The fraction of sp³-hybridized carbons (Fsp3) is 0.250. The van der Waals surface area contributed by atoms with Crippen LogP contribution in [0.1, 0.15) is 51.2 Å². The summed E-state index contributed by atoms with van der Waals surface area (Å²) in [6.07, 6.45) is 5.78. The summed E-state index contributed by atoms with van der Waals surface area (Å²) in [5.74, 6) is 1.62. The molecule has 0 saturated heterocycles. The molecule has 2 heterocycles. The number of hydrogen-bond acceptors (Lipinski definition) is 7. The minimum Gasteiger partial charge on any atom is -0.457 e. The van der Waals surface area contributed by atoms with Crippen LogP contribution in [0.2, 0.25) is 0 Å². The Morgan fingerprint density at radius 1 is 0.629 bits per heavy atom. The fourth-order valence-corrected chi connectivity index (χ4v) is 6.40. The number of nitrogens with zero attached hydrogens (tertiary/aromatic N) is 4. The molecule has 0 radical (unpaired) electrons. The Bertz CT molecular complexity index is 1420. The molecule has 0 saturated carbocycles. The summed E-state index contributed by atoms with van der Waals surface area (Å²) in [5, 5.41) is 0. The summed E-state index contributed by atoms with van der Waals surface area (Å²) < 4.78 is 60.2. The standard InChI is InChI=1S/C24H26N4O5S2/c1-17(2)23-25-13-15-27(23)34(29,30)21-9-5-19(6-10-21)33-20-7-11-22(12-8-20)35(31,32)28-16-14-26-24(28)18(3)4/h5-18H,1-4H3. The third kappa shape index (κ3) is 4.73. The zero-order valence-corrected chi connectivity index (χ0v) is 21.4. The number of hydrogen-bond donors (Lipinski definition) is 0. The van der Waals surface area contributed by atoms with Gasteiger partial charge >= 0.3 is 0 Å². The Morgan fingerprint density at radius 2 is 0.971 bits per heavy atom. The van der Waals surface area contributed by atoms with Gasteiger partial charge in [0.2, 0.25) is 0 Å². The molecular formula is C24H26N4O5S2. The monoisotopic (exact) mass is 514 g/mol. The van der Waals surface area contributed by atoms with Crippen molar-refractivity contribution in [3.05, 3.63) is 85.0 Å². The van der Waals surface area contributed by atoms with Crippen molar-refractivity contribution in [2.75, 3.05) is 0 Å². The van der Waals surface area contributed by atoms with Gasteiger partial charge < -0.3 is 4.74 Å². The predicted molar refractivity (Wildman–Crippen MR) is 131 cm³/mol. The van der Waals surface area contributed by atoms with E-state index >= 15 is 0 Å². The molecule has 2 aromatic carbocycles. The summed E-state index contributed by atoms with van der Waals surface area (Å²) in [6, 6.07) is 12.0. The van der Waals surface area contributed by atoms with Gasteiger partial charge in [0.1, 0.15) is 23.1 Å². The molecule has 2 aromatic heterocycles. The van der Waals surface area contributed by atoms with Gasteiger partial charge in [0, 0.05) is 36.6 Å². The Kier molecular flexibility index (Phi) is 6.56. The van der Waals surface area contributed by atoms with Gasteiger partial charge in [-0.2, -0.15) is 0 Å². The van der Waals surface area contributed by atoms with Crippen LogP contribution in [-0.2, 0) is 20.0 Å². The van der Waals surface area contributed by atoms with Crippen molar-refractivity contribution in [3.8, 4) is 11.5 Å². The van der Waals surface area contributed by atoms with Crippen LogP contribution in [0, 0.1) is 0 Å². The number of rotatable bonds is 8. The average molecular weight is 515 g/mol. The predicted octanol–water partition coefficient (Wildman–Crippen LogP) is 4.59. The van der Waals surface area contributed by atoms with E-state index in [-0.39, 0.29) is 21.6 Å². The van der Waals surface area contributed by atoms with E-state index in [1.165, 1.54) is 57.0 Å². The van der Waals surface area contributed by atoms with Gasteiger partial charge in [-0.15, -0.1) is 0 Å². The molecular weight excluding hydrogens is 488 g/mol.